The van der Waals surface area contributed by atoms with E-state index in [2.05, 4.69) is 0 Å². The number of amides is 2. The van der Waals surface area contributed by atoms with Crippen LogP contribution in [0.3, 0.4) is 0 Å². The van der Waals surface area contributed by atoms with Gasteiger partial charge in [0, 0.05) is 13.0 Å². The maximum absolute atomic E-state index is 12.0. The lowest BCUT2D eigenvalue weighted by Crippen LogP contribution is -2.31. The van der Waals surface area contributed by atoms with Crippen molar-refractivity contribution in [3.8, 4) is 23.0 Å². The maximum Gasteiger partial charge on any atom is 0.336 e. The molecule has 9 heteroatoms. The van der Waals surface area contributed by atoms with Crippen molar-refractivity contribution in [2.24, 2.45) is 0 Å². The molecule has 0 saturated heterocycles. The van der Waals surface area contributed by atoms with Crippen LogP contribution in [0.25, 0.3) is 11.6 Å². The molecule has 0 aliphatic heterocycles. The lowest BCUT2D eigenvalue weighted by atomic mass is 10.0. The normalized spacial score (nSPS) is 10.6. The number of ether oxygens (including phenoxy) is 3. The van der Waals surface area contributed by atoms with Gasteiger partial charge in [-0.3, -0.25) is 14.5 Å². The summed E-state index contributed by atoms with van der Waals surface area (Å²) in [6.07, 6.45) is 3.18. The predicted octanol–water partition coefficient (Wildman–Crippen LogP) is 6.98. The minimum Gasteiger partial charge on any atom is -0.497 e. The number of hydrogen-bond acceptors (Lipinski definition) is 7. The summed E-state index contributed by atoms with van der Waals surface area (Å²) in [6.45, 7) is 5.53. The zero-order valence-corrected chi connectivity index (χ0v) is 23.7. The van der Waals surface area contributed by atoms with E-state index in [9.17, 15) is 19.5 Å². The second kappa shape index (κ2) is 15.2. The lowest BCUT2D eigenvalue weighted by molar-refractivity contribution is -0.130. The summed E-state index contributed by atoms with van der Waals surface area (Å²) in [5, 5.41) is 9.50. The topological polar surface area (TPSA) is 102 Å². The molecule has 0 bridgehead atoms. The van der Waals surface area contributed by atoms with E-state index in [1.54, 1.807) is 79.1 Å². The Morgan fingerprint density at radius 3 is 1.79 bits per heavy atom. The molecule has 39 heavy (non-hydrogen) atoms. The van der Waals surface area contributed by atoms with Crippen molar-refractivity contribution in [2.45, 2.75) is 27.3 Å². The monoisotopic (exact) mass is 551 g/mol. The SMILES string of the molecule is CC.COc1cc(/C=C(/C(=O)O)c2ccc(Oc3ccc(CN(C(C)=O)C(=O)SC)cc3)cc2)cc(OC)c1. The van der Waals surface area contributed by atoms with Crippen LogP contribution in [0.4, 0.5) is 4.79 Å². The molecule has 206 valence electrons. The van der Waals surface area contributed by atoms with Crippen molar-refractivity contribution in [2.75, 3.05) is 20.5 Å². The molecule has 0 fully saturated rings. The Morgan fingerprint density at radius 2 is 1.36 bits per heavy atom. The Hall–Kier alpha value is -4.24. The molecular formula is C30H33NO7S. The number of methoxy groups -OCH3 is 2. The highest BCUT2D eigenvalue weighted by Crippen LogP contribution is 2.28. The van der Waals surface area contributed by atoms with Gasteiger partial charge in [-0.1, -0.05) is 49.9 Å². The van der Waals surface area contributed by atoms with E-state index < -0.39 is 5.97 Å². The van der Waals surface area contributed by atoms with Crippen LogP contribution in [0.2, 0.25) is 0 Å². The van der Waals surface area contributed by atoms with Crippen LogP contribution in [0.1, 0.15) is 37.5 Å². The van der Waals surface area contributed by atoms with Crippen LogP contribution in [-0.4, -0.2) is 47.6 Å². The number of thioether (sulfide) groups is 1. The molecule has 2 amide bonds. The van der Waals surface area contributed by atoms with E-state index in [1.165, 1.54) is 26.0 Å². The molecule has 1 N–H and O–H groups in total. The Labute approximate surface area is 233 Å². The van der Waals surface area contributed by atoms with Gasteiger partial charge in [0.25, 0.3) is 5.24 Å². The average molecular weight is 552 g/mol. The molecule has 0 atom stereocenters. The first-order valence-corrected chi connectivity index (χ1v) is 13.4. The van der Waals surface area contributed by atoms with Gasteiger partial charge in [0.1, 0.15) is 23.0 Å². The van der Waals surface area contributed by atoms with Crippen molar-refractivity contribution in [3.05, 3.63) is 83.4 Å². The van der Waals surface area contributed by atoms with Gasteiger partial charge in [-0.05, 0) is 65.4 Å². The van der Waals surface area contributed by atoms with Crippen molar-refractivity contribution in [3.63, 3.8) is 0 Å². The van der Waals surface area contributed by atoms with Gasteiger partial charge in [-0.25, -0.2) is 4.79 Å². The Balaban J connectivity index is 0.00000260. The molecule has 3 rings (SSSR count). The summed E-state index contributed by atoms with van der Waals surface area (Å²) in [6, 6.07) is 18.9. The van der Waals surface area contributed by atoms with Gasteiger partial charge in [0.2, 0.25) is 5.91 Å². The largest absolute Gasteiger partial charge is 0.497 e. The van der Waals surface area contributed by atoms with Gasteiger partial charge in [0.15, 0.2) is 0 Å². The van der Waals surface area contributed by atoms with Crippen molar-refractivity contribution in [1.82, 2.24) is 4.90 Å². The molecule has 8 nitrogen and oxygen atoms in total. The first kappa shape index (κ1) is 31.0. The Kier molecular flexibility index (Phi) is 12.1. The number of carboxylic acid groups (broad SMARTS) is 1. The molecular weight excluding hydrogens is 518 g/mol. The summed E-state index contributed by atoms with van der Waals surface area (Å²) in [7, 11) is 3.06. The lowest BCUT2D eigenvalue weighted by Gasteiger charge is -2.18. The molecule has 0 aliphatic rings. The van der Waals surface area contributed by atoms with Gasteiger partial charge in [0.05, 0.1) is 26.3 Å². The zero-order valence-electron chi connectivity index (χ0n) is 22.9. The molecule has 0 unspecified atom stereocenters. The fourth-order valence-electron chi connectivity index (χ4n) is 3.45. The number of rotatable bonds is 9. The van der Waals surface area contributed by atoms with Crippen molar-refractivity contribution >= 4 is 40.5 Å². The summed E-state index contributed by atoms with van der Waals surface area (Å²) in [5.74, 6) is 0.780. The third-order valence-electron chi connectivity index (χ3n) is 5.36. The third kappa shape index (κ3) is 8.93. The molecule has 3 aromatic carbocycles. The summed E-state index contributed by atoms with van der Waals surface area (Å²) < 4.78 is 16.4. The number of aliphatic carboxylic acids is 1. The number of nitrogens with zero attached hydrogens (tertiary/aromatic N) is 1. The first-order valence-electron chi connectivity index (χ1n) is 12.2. The van der Waals surface area contributed by atoms with E-state index >= 15 is 0 Å². The third-order valence-corrected chi connectivity index (χ3v) is 5.92. The maximum atomic E-state index is 12.0. The number of imide groups is 1. The number of hydrogen-bond donors (Lipinski definition) is 1. The fraction of sp³-hybridized carbons (Fsp3) is 0.233. The highest BCUT2D eigenvalue weighted by atomic mass is 32.2. The van der Waals surface area contributed by atoms with Gasteiger partial charge in [-0.15, -0.1) is 0 Å². The molecule has 0 aromatic heterocycles. The van der Waals surface area contributed by atoms with Crippen LogP contribution in [0.15, 0.2) is 66.7 Å². The first-order chi connectivity index (χ1) is 18.7. The molecule has 0 heterocycles. The minimum absolute atomic E-state index is 0.0982. The molecule has 0 spiro atoms. The second-order valence-corrected chi connectivity index (χ2v) is 8.61. The van der Waals surface area contributed by atoms with E-state index in [-0.39, 0.29) is 23.3 Å². The predicted molar refractivity (Wildman–Crippen MR) is 154 cm³/mol. The van der Waals surface area contributed by atoms with Crippen molar-refractivity contribution < 1.29 is 33.7 Å². The van der Waals surface area contributed by atoms with Crippen LogP contribution in [0, 0.1) is 0 Å². The van der Waals surface area contributed by atoms with E-state index in [0.29, 0.717) is 34.1 Å². The average Bonchev–Trinajstić information content (AvgIpc) is 2.96. The fourth-order valence-corrected chi connectivity index (χ4v) is 3.86. The number of carbonyl (C=O) groups is 3. The van der Waals surface area contributed by atoms with Crippen molar-refractivity contribution in [1.29, 1.82) is 0 Å². The van der Waals surface area contributed by atoms with Gasteiger partial charge >= 0.3 is 5.97 Å². The van der Waals surface area contributed by atoms with Gasteiger partial charge in [-0.2, -0.15) is 0 Å². The van der Waals surface area contributed by atoms with E-state index in [0.717, 1.165) is 17.3 Å². The number of benzene rings is 3. The Morgan fingerprint density at radius 1 is 0.846 bits per heavy atom. The highest BCUT2D eigenvalue weighted by molar-refractivity contribution is 8.12. The molecule has 0 radical (unpaired) electrons. The van der Waals surface area contributed by atoms with E-state index in [4.69, 9.17) is 14.2 Å². The second-order valence-electron chi connectivity index (χ2n) is 7.85. The molecule has 3 aromatic rings. The number of carbonyl (C=O) groups excluding carboxylic acids is 2. The number of carboxylic acids is 1. The quantitative estimate of drug-likeness (QED) is 0.224. The molecule has 0 aliphatic carbocycles. The standard InChI is InChI=1S/C28H27NO7S.C2H6/c1-18(30)29(28(33)37-4)17-19-5-9-22(10-6-19)36-23-11-7-21(8-12-23)26(27(31)32)15-20-13-24(34-2)16-25(14-20)35-3;1-2/h5-16H,17H2,1-4H3,(H,31,32);1-2H3/b26-15+;. The summed E-state index contributed by atoms with van der Waals surface area (Å²) >= 11 is 0.983. The van der Waals surface area contributed by atoms with Crippen LogP contribution < -0.4 is 14.2 Å². The zero-order chi connectivity index (χ0) is 28.9. The molecule has 0 saturated carbocycles. The van der Waals surface area contributed by atoms with Gasteiger partial charge < -0.3 is 19.3 Å². The van der Waals surface area contributed by atoms with Crippen LogP contribution in [-0.2, 0) is 16.1 Å². The minimum atomic E-state index is -1.08. The van der Waals surface area contributed by atoms with Crippen LogP contribution in [0.5, 0.6) is 23.0 Å². The Bertz CT molecular complexity index is 1280. The summed E-state index contributed by atoms with van der Waals surface area (Å²) in [5.41, 5.74) is 2.00. The highest BCUT2D eigenvalue weighted by Gasteiger charge is 2.17. The smallest absolute Gasteiger partial charge is 0.336 e. The summed E-state index contributed by atoms with van der Waals surface area (Å²) in [4.78, 5) is 36.9. The van der Waals surface area contributed by atoms with Crippen LogP contribution >= 0.6 is 11.8 Å². The van der Waals surface area contributed by atoms with E-state index in [1.807, 2.05) is 13.8 Å².